The molecule has 2 atom stereocenters. The van der Waals surface area contributed by atoms with Crippen molar-refractivity contribution in [2.45, 2.75) is 30.6 Å². The fourth-order valence-corrected chi connectivity index (χ4v) is 4.95. The van der Waals surface area contributed by atoms with Crippen LogP contribution in [-0.4, -0.2) is 56.6 Å². The van der Waals surface area contributed by atoms with Crippen molar-refractivity contribution in [1.82, 2.24) is 5.32 Å². The van der Waals surface area contributed by atoms with Crippen LogP contribution in [0.2, 0.25) is 0 Å². The second-order valence-corrected chi connectivity index (χ2v) is 8.12. The average molecular weight is 292 g/mol. The summed E-state index contributed by atoms with van der Waals surface area (Å²) in [6.45, 7) is 1.15. The van der Waals surface area contributed by atoms with E-state index in [-0.39, 0.29) is 5.25 Å². The normalized spacial score (nSPS) is 32.8. The van der Waals surface area contributed by atoms with Gasteiger partial charge in [-0.25, -0.2) is 8.42 Å². The number of methoxy groups -OCH3 is 1. The Hall–Kier alpha value is -0.270. The molecule has 0 saturated carbocycles. The van der Waals surface area contributed by atoms with Crippen molar-refractivity contribution in [3.63, 3.8) is 0 Å². The lowest BCUT2D eigenvalue weighted by atomic mass is 10.2. The SMILES string of the molecule is COCCC1CSC(=NCC2CCCS2(=O)=O)N1. The number of hydrogen-bond acceptors (Lipinski definition) is 5. The number of ether oxygens (including phenoxy) is 1. The van der Waals surface area contributed by atoms with E-state index in [2.05, 4.69) is 10.3 Å². The lowest BCUT2D eigenvalue weighted by Crippen LogP contribution is -2.29. The Balaban J connectivity index is 1.81. The van der Waals surface area contributed by atoms with E-state index >= 15 is 0 Å². The van der Waals surface area contributed by atoms with Crippen LogP contribution < -0.4 is 5.32 Å². The first-order valence-electron chi connectivity index (χ1n) is 6.26. The van der Waals surface area contributed by atoms with E-state index in [1.54, 1.807) is 18.9 Å². The summed E-state index contributed by atoms with van der Waals surface area (Å²) in [7, 11) is -1.17. The molecule has 2 heterocycles. The highest BCUT2D eigenvalue weighted by atomic mass is 32.2. The predicted octanol–water partition coefficient (Wildman–Crippen LogP) is 0.661. The molecule has 2 aliphatic rings. The van der Waals surface area contributed by atoms with E-state index in [4.69, 9.17) is 4.74 Å². The molecule has 2 unspecified atom stereocenters. The second kappa shape index (κ2) is 6.25. The Labute approximate surface area is 113 Å². The summed E-state index contributed by atoms with van der Waals surface area (Å²) in [5.41, 5.74) is 0. The number of aliphatic imine (C=N–C) groups is 1. The first kappa shape index (κ1) is 14.1. The molecule has 0 aromatic rings. The van der Waals surface area contributed by atoms with Crippen LogP contribution in [0.25, 0.3) is 0 Å². The van der Waals surface area contributed by atoms with Gasteiger partial charge in [0.15, 0.2) is 15.0 Å². The monoisotopic (exact) mass is 292 g/mol. The van der Waals surface area contributed by atoms with Gasteiger partial charge in [0.05, 0.1) is 17.5 Å². The summed E-state index contributed by atoms with van der Waals surface area (Å²) in [5.74, 6) is 1.32. The van der Waals surface area contributed by atoms with Crippen molar-refractivity contribution < 1.29 is 13.2 Å². The Morgan fingerprint density at radius 1 is 1.56 bits per heavy atom. The third-order valence-electron chi connectivity index (χ3n) is 3.32. The molecule has 0 aliphatic carbocycles. The van der Waals surface area contributed by atoms with E-state index in [9.17, 15) is 8.42 Å². The van der Waals surface area contributed by atoms with Crippen molar-refractivity contribution in [2.75, 3.05) is 31.8 Å². The van der Waals surface area contributed by atoms with Crippen LogP contribution in [-0.2, 0) is 14.6 Å². The van der Waals surface area contributed by atoms with Crippen LogP contribution in [0.1, 0.15) is 19.3 Å². The van der Waals surface area contributed by atoms with Gasteiger partial charge in [0.1, 0.15) is 0 Å². The molecular weight excluding hydrogens is 272 g/mol. The highest BCUT2D eigenvalue weighted by molar-refractivity contribution is 8.14. The molecule has 0 radical (unpaired) electrons. The van der Waals surface area contributed by atoms with E-state index in [0.717, 1.165) is 36.8 Å². The number of amidine groups is 1. The molecule has 5 nitrogen and oxygen atoms in total. The summed E-state index contributed by atoms with van der Waals surface area (Å²) in [6.07, 6.45) is 2.51. The summed E-state index contributed by atoms with van der Waals surface area (Å²) < 4.78 is 28.4. The van der Waals surface area contributed by atoms with E-state index in [1.165, 1.54) is 0 Å². The molecule has 0 aromatic heterocycles. The van der Waals surface area contributed by atoms with Crippen LogP contribution >= 0.6 is 11.8 Å². The molecule has 104 valence electrons. The Morgan fingerprint density at radius 2 is 2.39 bits per heavy atom. The molecular formula is C11H20N2O3S2. The van der Waals surface area contributed by atoms with Crippen molar-refractivity contribution in [3.8, 4) is 0 Å². The van der Waals surface area contributed by atoms with Crippen LogP contribution in [0.15, 0.2) is 4.99 Å². The predicted molar refractivity (Wildman–Crippen MR) is 75.0 cm³/mol. The topological polar surface area (TPSA) is 67.8 Å². The van der Waals surface area contributed by atoms with E-state index < -0.39 is 9.84 Å². The van der Waals surface area contributed by atoms with Gasteiger partial charge in [-0.3, -0.25) is 4.99 Å². The van der Waals surface area contributed by atoms with Gasteiger partial charge in [-0.1, -0.05) is 11.8 Å². The fraction of sp³-hybridized carbons (Fsp3) is 0.909. The van der Waals surface area contributed by atoms with Crippen molar-refractivity contribution in [3.05, 3.63) is 0 Å². The zero-order valence-electron chi connectivity index (χ0n) is 10.6. The van der Waals surface area contributed by atoms with E-state index in [1.807, 2.05) is 0 Å². The van der Waals surface area contributed by atoms with Gasteiger partial charge < -0.3 is 10.1 Å². The molecule has 2 aliphatic heterocycles. The van der Waals surface area contributed by atoms with Crippen molar-refractivity contribution in [1.29, 1.82) is 0 Å². The minimum Gasteiger partial charge on any atom is -0.385 e. The van der Waals surface area contributed by atoms with Gasteiger partial charge in [0.2, 0.25) is 0 Å². The number of thioether (sulfide) groups is 1. The second-order valence-electron chi connectivity index (χ2n) is 4.71. The number of sulfone groups is 1. The largest absolute Gasteiger partial charge is 0.385 e. The average Bonchev–Trinajstić information content (AvgIpc) is 2.90. The lowest BCUT2D eigenvalue weighted by Gasteiger charge is -2.09. The standard InChI is InChI=1S/C11H20N2O3S2/c1-16-5-4-9-8-17-11(13-9)12-7-10-3-2-6-18(10,14)15/h9-10H,2-8H2,1H3,(H,12,13). The van der Waals surface area contributed by atoms with E-state index in [0.29, 0.717) is 18.3 Å². The molecule has 1 N–H and O–H groups in total. The summed E-state index contributed by atoms with van der Waals surface area (Å²) >= 11 is 1.67. The van der Waals surface area contributed by atoms with Gasteiger partial charge >= 0.3 is 0 Å². The van der Waals surface area contributed by atoms with Gasteiger partial charge in [-0.15, -0.1) is 0 Å². The minimum atomic E-state index is -2.87. The summed E-state index contributed by atoms with van der Waals surface area (Å²) in [4.78, 5) is 4.41. The molecule has 0 spiro atoms. The molecule has 2 saturated heterocycles. The third kappa shape index (κ3) is 3.61. The molecule has 0 aromatic carbocycles. The maximum atomic E-state index is 11.7. The first-order valence-corrected chi connectivity index (χ1v) is 8.96. The van der Waals surface area contributed by atoms with Gasteiger partial charge in [-0.2, -0.15) is 0 Å². The van der Waals surface area contributed by atoms with Crippen molar-refractivity contribution in [2.24, 2.45) is 4.99 Å². The summed E-state index contributed by atoms with van der Waals surface area (Å²) in [6, 6.07) is 0.397. The molecule has 0 bridgehead atoms. The third-order valence-corrected chi connectivity index (χ3v) is 6.67. The van der Waals surface area contributed by atoms with Crippen LogP contribution in [0, 0.1) is 0 Å². The number of nitrogens with zero attached hydrogens (tertiary/aromatic N) is 1. The lowest BCUT2D eigenvalue weighted by molar-refractivity contribution is 0.188. The van der Waals surface area contributed by atoms with Crippen molar-refractivity contribution >= 4 is 26.8 Å². The maximum Gasteiger partial charge on any atom is 0.156 e. The van der Waals surface area contributed by atoms with Gasteiger partial charge in [0, 0.05) is 25.5 Å². The summed E-state index contributed by atoms with van der Waals surface area (Å²) in [5, 5.41) is 3.94. The Bertz CT molecular complexity index is 409. The molecule has 2 fully saturated rings. The van der Waals surface area contributed by atoms with Gasteiger partial charge in [-0.05, 0) is 19.3 Å². The molecule has 18 heavy (non-hydrogen) atoms. The zero-order valence-corrected chi connectivity index (χ0v) is 12.2. The highest BCUT2D eigenvalue weighted by Gasteiger charge is 2.31. The quantitative estimate of drug-likeness (QED) is 0.806. The molecule has 0 amide bonds. The number of hydrogen-bond donors (Lipinski definition) is 1. The minimum absolute atomic E-state index is 0.259. The Kier molecular flexibility index (Phi) is 4.91. The molecule has 7 heteroatoms. The van der Waals surface area contributed by atoms with Gasteiger partial charge in [0.25, 0.3) is 0 Å². The number of nitrogens with one attached hydrogen (secondary N) is 1. The van der Waals surface area contributed by atoms with Crippen LogP contribution in [0.3, 0.4) is 0 Å². The zero-order chi connectivity index (χ0) is 13.0. The maximum absolute atomic E-state index is 11.7. The van der Waals surface area contributed by atoms with Crippen LogP contribution in [0.4, 0.5) is 0 Å². The number of rotatable bonds is 5. The first-order chi connectivity index (χ1) is 8.62. The Morgan fingerprint density at radius 3 is 3.06 bits per heavy atom. The molecule has 2 rings (SSSR count). The van der Waals surface area contributed by atoms with Crippen LogP contribution in [0.5, 0.6) is 0 Å². The fourth-order valence-electron chi connectivity index (χ4n) is 2.19. The highest BCUT2D eigenvalue weighted by Crippen LogP contribution is 2.21. The smallest absolute Gasteiger partial charge is 0.156 e.